The zero-order valence-electron chi connectivity index (χ0n) is 17.0. The molecule has 0 radical (unpaired) electrons. The fourth-order valence-electron chi connectivity index (χ4n) is 3.95. The molecule has 0 N–H and O–H groups in total. The summed E-state index contributed by atoms with van der Waals surface area (Å²) in [5.41, 5.74) is 0.246. The molecule has 0 atom stereocenters. The van der Waals surface area contributed by atoms with E-state index in [4.69, 9.17) is 21.0 Å². The van der Waals surface area contributed by atoms with Crippen molar-refractivity contribution in [1.82, 2.24) is 0 Å². The first kappa shape index (κ1) is 21.2. The van der Waals surface area contributed by atoms with Crippen molar-refractivity contribution in [2.24, 2.45) is 0 Å². The monoisotopic (exact) mass is 572 g/mol. The Morgan fingerprint density at radius 1 is 0.457 bits per heavy atom. The predicted octanol–water partition coefficient (Wildman–Crippen LogP) is 9.90. The van der Waals surface area contributed by atoms with Crippen molar-refractivity contribution in [3.8, 4) is 24.3 Å². The van der Waals surface area contributed by atoms with Gasteiger partial charge in [0.2, 0.25) is 0 Å². The highest BCUT2D eigenvalue weighted by atomic mass is 32.1. The Labute approximate surface area is 224 Å². The summed E-state index contributed by atoms with van der Waals surface area (Å²) in [6, 6.07) is 11.9. The predicted molar refractivity (Wildman–Crippen MR) is 155 cm³/mol. The molecule has 0 saturated heterocycles. The lowest BCUT2D eigenvalue weighted by atomic mass is 10.3. The van der Waals surface area contributed by atoms with E-state index in [1.54, 1.807) is 57.5 Å². The van der Waals surface area contributed by atoms with E-state index >= 15 is 0 Å². The molecule has 0 aliphatic heterocycles. The molecule has 0 bridgehead atoms. The molecule has 4 nitrogen and oxygen atoms in total. The van der Waals surface area contributed by atoms with E-state index in [-0.39, 0.29) is 11.1 Å². The second-order valence-corrected chi connectivity index (χ2v) is 14.7. The Balaban J connectivity index is 1.41. The van der Waals surface area contributed by atoms with Crippen LogP contribution in [0.2, 0.25) is 0 Å². The van der Waals surface area contributed by atoms with Crippen LogP contribution in [0.4, 0.5) is 0 Å². The minimum Gasteiger partial charge on any atom is -0.192 e. The SMILES string of the molecule is N#CC(C#N)=Cc1cc2sc3c(sc4c3sc3c5sc6cc(C=C(C#N)C#N)sc6c5sc34)c2s1. The molecule has 0 spiro atoms. The number of nitriles is 4. The van der Waals surface area contributed by atoms with Crippen LogP contribution in [0, 0.1) is 45.3 Å². The van der Waals surface area contributed by atoms with E-state index in [1.165, 1.54) is 56.4 Å². The van der Waals surface area contributed by atoms with E-state index in [0.717, 1.165) is 9.75 Å². The first-order valence-corrected chi connectivity index (χ1v) is 15.5. The maximum atomic E-state index is 9.07. The highest BCUT2D eigenvalue weighted by Gasteiger charge is 2.23. The summed E-state index contributed by atoms with van der Waals surface area (Å²) in [5.74, 6) is 0. The zero-order valence-corrected chi connectivity index (χ0v) is 22.7. The quantitative estimate of drug-likeness (QED) is 0.193. The maximum Gasteiger partial charge on any atom is 0.131 e. The van der Waals surface area contributed by atoms with E-state index < -0.39 is 0 Å². The van der Waals surface area contributed by atoms with Gasteiger partial charge in [0.25, 0.3) is 0 Å². The number of nitrogens with zero attached hydrogens (tertiary/aromatic N) is 4. The molecule has 7 aromatic heterocycles. The van der Waals surface area contributed by atoms with Crippen molar-refractivity contribution >= 4 is 148 Å². The van der Waals surface area contributed by atoms with E-state index in [0.29, 0.717) is 0 Å². The van der Waals surface area contributed by atoms with Crippen LogP contribution in [-0.4, -0.2) is 0 Å². The number of hydrogen-bond acceptors (Lipinski definition) is 11. The minimum absolute atomic E-state index is 0.123. The van der Waals surface area contributed by atoms with Gasteiger partial charge >= 0.3 is 0 Å². The summed E-state index contributed by atoms with van der Waals surface area (Å²) in [4.78, 5) is 1.87. The standard InChI is InChI=1S/C24H4N4S7/c25-5-9(6-26)1-11-3-13-15(29-11)17-19(31-13)21-23(33-17)24-22(35-21)20-18(34-24)16-14(32-20)4-12(30-16)2-10(7-27)8-28/h1-4H. The number of thiophene rings is 7. The van der Waals surface area contributed by atoms with Gasteiger partial charge in [-0.15, -0.1) is 79.4 Å². The average Bonchev–Trinajstić information content (AvgIpc) is 3.67. The molecule has 0 fully saturated rings. The van der Waals surface area contributed by atoms with Crippen LogP contribution in [0.1, 0.15) is 9.75 Å². The third-order valence-electron chi connectivity index (χ3n) is 5.38. The Bertz CT molecular complexity index is 2080. The molecule has 0 aliphatic carbocycles. The second kappa shape index (κ2) is 7.70. The highest BCUT2D eigenvalue weighted by Crippen LogP contribution is 2.57. The Morgan fingerprint density at radius 2 is 0.771 bits per heavy atom. The van der Waals surface area contributed by atoms with E-state index in [2.05, 4.69) is 12.1 Å². The molecule has 7 heterocycles. The van der Waals surface area contributed by atoms with Crippen LogP contribution in [0.5, 0.6) is 0 Å². The molecule has 0 unspecified atom stereocenters. The normalized spacial score (nSPS) is 11.3. The van der Waals surface area contributed by atoms with Crippen LogP contribution >= 0.6 is 79.4 Å². The highest BCUT2D eigenvalue weighted by molar-refractivity contribution is 7.51. The lowest BCUT2D eigenvalue weighted by molar-refractivity contribution is 1.47. The Hall–Kier alpha value is -3.10. The van der Waals surface area contributed by atoms with E-state index in [9.17, 15) is 0 Å². The minimum atomic E-state index is 0.123. The first-order valence-electron chi connectivity index (χ1n) is 9.81. The van der Waals surface area contributed by atoms with Crippen LogP contribution < -0.4 is 0 Å². The van der Waals surface area contributed by atoms with Gasteiger partial charge in [0.05, 0.1) is 47.0 Å². The maximum absolute atomic E-state index is 9.07. The molecular weight excluding hydrogens is 569 g/mol. The van der Waals surface area contributed by atoms with Gasteiger partial charge in [0.1, 0.15) is 35.4 Å². The summed E-state index contributed by atoms with van der Waals surface area (Å²) in [7, 11) is 0. The van der Waals surface area contributed by atoms with Crippen LogP contribution in [0.25, 0.3) is 68.6 Å². The van der Waals surface area contributed by atoms with Crippen molar-refractivity contribution < 1.29 is 0 Å². The van der Waals surface area contributed by atoms with Crippen LogP contribution in [0.3, 0.4) is 0 Å². The molecule has 7 rings (SSSR count). The Kier molecular flexibility index (Phi) is 4.66. The van der Waals surface area contributed by atoms with Crippen molar-refractivity contribution in [2.75, 3.05) is 0 Å². The summed E-state index contributed by atoms with van der Waals surface area (Å²) < 4.78 is 15.5. The number of rotatable bonds is 2. The number of fused-ring (bicyclic) bond motifs is 11. The van der Waals surface area contributed by atoms with Crippen molar-refractivity contribution in [3.05, 3.63) is 33.0 Å². The molecule has 0 amide bonds. The van der Waals surface area contributed by atoms with Crippen LogP contribution in [-0.2, 0) is 0 Å². The number of hydrogen-bond donors (Lipinski definition) is 0. The first-order chi connectivity index (χ1) is 17.1. The Morgan fingerprint density at radius 3 is 1.11 bits per heavy atom. The van der Waals surface area contributed by atoms with E-state index in [1.807, 2.05) is 58.3 Å². The number of allylic oxidation sites excluding steroid dienone is 2. The van der Waals surface area contributed by atoms with Gasteiger partial charge in [0.15, 0.2) is 0 Å². The van der Waals surface area contributed by atoms with Gasteiger partial charge in [-0.2, -0.15) is 21.0 Å². The summed E-state index contributed by atoms with van der Waals surface area (Å²) >= 11 is 12.4. The van der Waals surface area contributed by atoms with Gasteiger partial charge in [-0.1, -0.05) is 0 Å². The lowest BCUT2D eigenvalue weighted by Gasteiger charge is -1.83. The molecule has 0 aromatic carbocycles. The molecular formula is C24H4N4S7. The molecule has 35 heavy (non-hydrogen) atoms. The summed E-state index contributed by atoms with van der Waals surface area (Å²) in [6.07, 6.45) is 3.33. The average molecular weight is 573 g/mol. The van der Waals surface area contributed by atoms with Crippen molar-refractivity contribution in [2.45, 2.75) is 0 Å². The third-order valence-corrected chi connectivity index (χ3v) is 15.0. The molecule has 0 aliphatic rings. The topological polar surface area (TPSA) is 95.2 Å². The second-order valence-electron chi connectivity index (χ2n) is 7.39. The fraction of sp³-hybridized carbons (Fsp3) is 0. The summed E-state index contributed by atoms with van der Waals surface area (Å²) in [5, 5.41) is 36.3. The van der Waals surface area contributed by atoms with Gasteiger partial charge in [-0.05, 0) is 24.3 Å². The van der Waals surface area contributed by atoms with Gasteiger partial charge in [0, 0.05) is 19.2 Å². The molecule has 0 saturated carbocycles. The zero-order chi connectivity index (χ0) is 23.8. The van der Waals surface area contributed by atoms with Gasteiger partial charge in [-0.3, -0.25) is 0 Å². The van der Waals surface area contributed by atoms with Crippen molar-refractivity contribution in [1.29, 1.82) is 21.0 Å². The molecule has 162 valence electrons. The van der Waals surface area contributed by atoms with Crippen molar-refractivity contribution in [3.63, 3.8) is 0 Å². The van der Waals surface area contributed by atoms with Gasteiger partial charge < -0.3 is 0 Å². The molecule has 11 heteroatoms. The fourth-order valence-corrected chi connectivity index (χ4v) is 14.3. The smallest absolute Gasteiger partial charge is 0.131 e. The molecule has 7 aromatic rings. The largest absolute Gasteiger partial charge is 0.192 e. The van der Waals surface area contributed by atoms with Crippen LogP contribution in [0.15, 0.2) is 23.3 Å². The lowest BCUT2D eigenvalue weighted by Crippen LogP contribution is -1.68. The summed E-state index contributed by atoms with van der Waals surface area (Å²) in [6.45, 7) is 0. The van der Waals surface area contributed by atoms with Gasteiger partial charge in [-0.25, -0.2) is 0 Å². The third kappa shape index (κ3) is 2.99.